The van der Waals surface area contributed by atoms with Crippen molar-refractivity contribution < 1.29 is 19.5 Å². The number of carboxylic acid groups (broad SMARTS) is 1. The third-order valence-corrected chi connectivity index (χ3v) is 7.09. The first kappa shape index (κ1) is 22.1. The summed E-state index contributed by atoms with van der Waals surface area (Å²) in [6, 6.07) is 13.7. The number of piperazine rings is 1. The van der Waals surface area contributed by atoms with Crippen molar-refractivity contribution in [3.8, 4) is 0 Å². The first-order chi connectivity index (χ1) is 15.4. The molecule has 168 valence electrons. The molecule has 2 N–H and O–H groups in total. The number of fused-ring (bicyclic) bond motifs is 1. The lowest BCUT2D eigenvalue weighted by molar-refractivity contribution is -0.154. The van der Waals surface area contributed by atoms with Crippen molar-refractivity contribution in [2.75, 3.05) is 0 Å². The van der Waals surface area contributed by atoms with Crippen LogP contribution in [0.4, 0.5) is 0 Å². The predicted molar refractivity (Wildman–Crippen MR) is 121 cm³/mol. The van der Waals surface area contributed by atoms with Crippen LogP contribution in [0.15, 0.2) is 48.5 Å². The lowest BCUT2D eigenvalue weighted by Gasteiger charge is -2.43. The van der Waals surface area contributed by atoms with Gasteiger partial charge in [0.1, 0.15) is 12.1 Å². The van der Waals surface area contributed by atoms with E-state index in [4.69, 9.17) is 0 Å². The monoisotopic (exact) mass is 434 g/mol. The molecule has 2 atom stereocenters. The molecular formula is C26H30N2O4. The number of hydrogen-bond acceptors (Lipinski definition) is 3. The lowest BCUT2D eigenvalue weighted by atomic mass is 9.85. The Hall–Kier alpha value is -3.15. The maximum Gasteiger partial charge on any atom is 0.336 e. The van der Waals surface area contributed by atoms with Crippen LogP contribution in [0.5, 0.6) is 0 Å². The summed E-state index contributed by atoms with van der Waals surface area (Å²) in [5.74, 6) is -1.26. The van der Waals surface area contributed by atoms with Gasteiger partial charge in [-0.15, -0.1) is 0 Å². The summed E-state index contributed by atoms with van der Waals surface area (Å²) in [5, 5.41) is 12.7. The molecule has 6 nitrogen and oxygen atoms in total. The van der Waals surface area contributed by atoms with E-state index in [1.807, 2.05) is 26.0 Å². The number of nitrogens with zero attached hydrogens (tertiary/aromatic N) is 1. The van der Waals surface area contributed by atoms with Gasteiger partial charge >= 0.3 is 5.97 Å². The van der Waals surface area contributed by atoms with Gasteiger partial charge in [0.15, 0.2) is 0 Å². The Morgan fingerprint density at radius 3 is 2.22 bits per heavy atom. The minimum atomic E-state index is -1.03. The topological polar surface area (TPSA) is 86.7 Å². The molecule has 0 aromatic heterocycles. The van der Waals surface area contributed by atoms with Crippen LogP contribution in [0.1, 0.15) is 53.7 Å². The van der Waals surface area contributed by atoms with Gasteiger partial charge in [0, 0.05) is 6.54 Å². The molecule has 2 amide bonds. The van der Waals surface area contributed by atoms with Crippen LogP contribution in [0.25, 0.3) is 0 Å². The SMILES string of the molecule is CCC(CC)[C@@H]1C(=O)NC(C2Cc3ccccc3C2)C(=O)N1Cc1ccccc1C(=O)O. The quantitative estimate of drug-likeness (QED) is 0.699. The number of hydrogen-bond donors (Lipinski definition) is 2. The van der Waals surface area contributed by atoms with Crippen molar-refractivity contribution in [2.45, 2.75) is 58.2 Å². The van der Waals surface area contributed by atoms with Crippen molar-refractivity contribution in [1.29, 1.82) is 0 Å². The summed E-state index contributed by atoms with van der Waals surface area (Å²) >= 11 is 0. The smallest absolute Gasteiger partial charge is 0.336 e. The van der Waals surface area contributed by atoms with Crippen molar-refractivity contribution in [2.24, 2.45) is 11.8 Å². The average Bonchev–Trinajstić information content (AvgIpc) is 3.22. The van der Waals surface area contributed by atoms with E-state index in [9.17, 15) is 19.5 Å². The zero-order chi connectivity index (χ0) is 22.8. The van der Waals surface area contributed by atoms with Gasteiger partial charge in [-0.05, 0) is 47.4 Å². The number of carbonyl (C=O) groups is 3. The van der Waals surface area contributed by atoms with Gasteiger partial charge in [-0.1, -0.05) is 69.2 Å². The van der Waals surface area contributed by atoms with E-state index in [2.05, 4.69) is 17.4 Å². The molecule has 4 rings (SSSR count). The van der Waals surface area contributed by atoms with E-state index in [0.717, 1.165) is 25.7 Å². The number of carbonyl (C=O) groups excluding carboxylic acids is 2. The van der Waals surface area contributed by atoms with Gasteiger partial charge in [-0.2, -0.15) is 0 Å². The zero-order valence-electron chi connectivity index (χ0n) is 18.6. The molecule has 6 heteroatoms. The normalized spacial score (nSPS) is 21.0. The number of amides is 2. The Bertz CT molecular complexity index is 1000. The average molecular weight is 435 g/mol. The van der Waals surface area contributed by atoms with Gasteiger partial charge in [0.05, 0.1) is 5.56 Å². The molecule has 1 saturated heterocycles. The van der Waals surface area contributed by atoms with Gasteiger partial charge < -0.3 is 15.3 Å². The van der Waals surface area contributed by atoms with Gasteiger partial charge in [-0.25, -0.2) is 4.79 Å². The molecule has 1 heterocycles. The fourth-order valence-electron chi connectivity index (χ4n) is 5.34. The molecule has 1 unspecified atom stereocenters. The van der Waals surface area contributed by atoms with Crippen molar-refractivity contribution >= 4 is 17.8 Å². The van der Waals surface area contributed by atoms with E-state index >= 15 is 0 Å². The van der Waals surface area contributed by atoms with E-state index in [0.29, 0.717) is 5.56 Å². The minimum Gasteiger partial charge on any atom is -0.478 e. The molecule has 0 spiro atoms. The Kier molecular flexibility index (Phi) is 6.31. The second-order valence-electron chi connectivity index (χ2n) is 8.87. The zero-order valence-corrected chi connectivity index (χ0v) is 18.6. The van der Waals surface area contributed by atoms with Gasteiger partial charge in [0.2, 0.25) is 11.8 Å². The maximum absolute atomic E-state index is 13.8. The molecular weight excluding hydrogens is 404 g/mol. The third kappa shape index (κ3) is 4.01. The molecule has 0 saturated carbocycles. The Balaban J connectivity index is 1.67. The molecule has 1 aliphatic carbocycles. The molecule has 0 bridgehead atoms. The minimum absolute atomic E-state index is 0.00344. The van der Waals surface area contributed by atoms with Gasteiger partial charge in [0.25, 0.3) is 0 Å². The van der Waals surface area contributed by atoms with Crippen LogP contribution in [0.3, 0.4) is 0 Å². The van der Waals surface area contributed by atoms with Crippen LogP contribution < -0.4 is 5.32 Å². The highest BCUT2D eigenvalue weighted by molar-refractivity contribution is 5.97. The van der Waals surface area contributed by atoms with Crippen LogP contribution in [-0.2, 0) is 29.0 Å². The summed E-state index contributed by atoms with van der Waals surface area (Å²) in [6.07, 6.45) is 3.03. The first-order valence-corrected chi connectivity index (χ1v) is 11.4. The van der Waals surface area contributed by atoms with E-state index < -0.39 is 18.1 Å². The maximum atomic E-state index is 13.8. The number of nitrogens with one attached hydrogen (secondary N) is 1. The molecule has 1 aliphatic heterocycles. The van der Waals surface area contributed by atoms with Gasteiger partial charge in [-0.3, -0.25) is 9.59 Å². The van der Waals surface area contributed by atoms with Crippen molar-refractivity contribution in [1.82, 2.24) is 10.2 Å². The Morgan fingerprint density at radius 2 is 1.62 bits per heavy atom. The summed E-state index contributed by atoms with van der Waals surface area (Å²) in [7, 11) is 0. The molecule has 32 heavy (non-hydrogen) atoms. The third-order valence-electron chi connectivity index (χ3n) is 7.09. The first-order valence-electron chi connectivity index (χ1n) is 11.4. The largest absolute Gasteiger partial charge is 0.478 e. The fraction of sp³-hybridized carbons (Fsp3) is 0.423. The standard InChI is InChI=1S/C26H30N2O4/c1-3-16(4-2)23-24(29)27-22(20-13-17-9-5-6-10-18(17)14-20)25(30)28(23)15-19-11-7-8-12-21(19)26(31)32/h5-12,16,20,22-23H,3-4,13-15H2,1-2H3,(H,27,29)(H,31,32)/t22?,23-/m1/s1. The van der Waals surface area contributed by atoms with Crippen LogP contribution in [0.2, 0.25) is 0 Å². The van der Waals surface area contributed by atoms with Crippen LogP contribution in [0, 0.1) is 11.8 Å². The molecule has 2 aromatic carbocycles. The number of benzene rings is 2. The summed E-state index contributed by atoms with van der Waals surface area (Å²) < 4.78 is 0. The highest BCUT2D eigenvalue weighted by Gasteiger charge is 2.47. The second kappa shape index (κ2) is 9.15. The molecule has 0 radical (unpaired) electrons. The molecule has 1 fully saturated rings. The Morgan fingerprint density at radius 1 is 1.03 bits per heavy atom. The van der Waals surface area contributed by atoms with Crippen molar-refractivity contribution in [3.63, 3.8) is 0 Å². The number of rotatable bonds is 7. The highest BCUT2D eigenvalue weighted by Crippen LogP contribution is 2.33. The Labute approximate surface area is 188 Å². The second-order valence-corrected chi connectivity index (χ2v) is 8.87. The lowest BCUT2D eigenvalue weighted by Crippen LogP contribution is -2.66. The van der Waals surface area contributed by atoms with E-state index in [1.54, 1.807) is 29.2 Å². The summed E-state index contributed by atoms with van der Waals surface area (Å²) in [4.78, 5) is 40.5. The van der Waals surface area contributed by atoms with Crippen LogP contribution in [-0.4, -0.2) is 39.9 Å². The van der Waals surface area contributed by atoms with Crippen molar-refractivity contribution in [3.05, 3.63) is 70.8 Å². The summed E-state index contributed by atoms with van der Waals surface area (Å²) in [6.45, 7) is 4.16. The van der Waals surface area contributed by atoms with E-state index in [-0.39, 0.29) is 35.8 Å². The number of aromatic carboxylic acids is 1. The predicted octanol–water partition coefficient (Wildman–Crippen LogP) is 3.43. The fourth-order valence-corrected chi connectivity index (χ4v) is 5.34. The highest BCUT2D eigenvalue weighted by atomic mass is 16.4. The van der Waals surface area contributed by atoms with E-state index in [1.165, 1.54) is 11.1 Å². The number of carboxylic acids is 1. The van der Waals surface area contributed by atoms with Crippen LogP contribution >= 0.6 is 0 Å². The summed E-state index contributed by atoms with van der Waals surface area (Å²) in [5.41, 5.74) is 3.17. The molecule has 2 aliphatic rings. The molecule has 2 aromatic rings.